The Hall–Kier alpha value is -2.33. The second-order valence-electron chi connectivity index (χ2n) is 7.50. The van der Waals surface area contributed by atoms with Gasteiger partial charge in [0.25, 0.3) is 0 Å². The summed E-state index contributed by atoms with van der Waals surface area (Å²) in [7, 11) is 4.31. The van der Waals surface area contributed by atoms with Crippen LogP contribution in [0.4, 0.5) is 11.5 Å². The molecular formula is C22H28N4. The Morgan fingerprint density at radius 2 is 1.96 bits per heavy atom. The van der Waals surface area contributed by atoms with Gasteiger partial charge in [-0.1, -0.05) is 19.4 Å². The monoisotopic (exact) mass is 348 g/mol. The zero-order valence-electron chi connectivity index (χ0n) is 16.0. The van der Waals surface area contributed by atoms with Crippen molar-refractivity contribution in [2.24, 2.45) is 7.05 Å². The van der Waals surface area contributed by atoms with Crippen LogP contribution in [0.5, 0.6) is 0 Å². The average molecular weight is 348 g/mol. The largest absolute Gasteiger partial charge is 0.340 e. The van der Waals surface area contributed by atoms with E-state index >= 15 is 0 Å². The molecule has 0 saturated carbocycles. The SMILES string of the molecule is CCCCc1cc2ccc(Nc3ccc4c(c3)CN(C)CC4)nc2n1C. The number of fused-ring (bicyclic) bond motifs is 2. The van der Waals surface area contributed by atoms with Crippen molar-refractivity contribution in [3.8, 4) is 0 Å². The van der Waals surface area contributed by atoms with E-state index in [1.54, 1.807) is 0 Å². The molecule has 0 amide bonds. The standard InChI is InChI=1S/C22H28N4/c1-4-5-6-20-14-17-8-10-21(24-22(17)26(20)3)23-19-9-7-16-11-12-25(2)15-18(16)13-19/h7-10,13-14H,4-6,11-12,15H2,1-3H3,(H,23,24). The van der Waals surface area contributed by atoms with Crippen LogP contribution >= 0.6 is 0 Å². The Bertz CT molecular complexity index is 925. The first kappa shape index (κ1) is 17.1. The number of hydrogen-bond donors (Lipinski definition) is 1. The van der Waals surface area contributed by atoms with E-state index in [1.807, 2.05) is 0 Å². The molecule has 2 aromatic heterocycles. The second-order valence-corrected chi connectivity index (χ2v) is 7.50. The van der Waals surface area contributed by atoms with Crippen molar-refractivity contribution in [3.63, 3.8) is 0 Å². The number of hydrogen-bond acceptors (Lipinski definition) is 3. The van der Waals surface area contributed by atoms with Crippen molar-refractivity contribution in [1.82, 2.24) is 14.5 Å². The van der Waals surface area contributed by atoms with E-state index in [0.717, 1.165) is 43.1 Å². The summed E-state index contributed by atoms with van der Waals surface area (Å²) >= 11 is 0. The molecular weight excluding hydrogens is 320 g/mol. The van der Waals surface area contributed by atoms with Gasteiger partial charge in [0.15, 0.2) is 0 Å². The fraction of sp³-hybridized carbons (Fsp3) is 0.409. The maximum absolute atomic E-state index is 4.87. The molecule has 0 unspecified atom stereocenters. The molecule has 1 N–H and O–H groups in total. The first-order valence-electron chi connectivity index (χ1n) is 9.67. The predicted molar refractivity (Wildman–Crippen MR) is 109 cm³/mol. The molecule has 26 heavy (non-hydrogen) atoms. The normalized spacial score (nSPS) is 14.6. The predicted octanol–water partition coefficient (Wildman–Crippen LogP) is 4.65. The van der Waals surface area contributed by atoms with Gasteiger partial charge in [-0.25, -0.2) is 4.98 Å². The molecule has 3 aromatic rings. The summed E-state index contributed by atoms with van der Waals surface area (Å²) in [5.41, 5.74) is 6.43. The molecule has 1 aromatic carbocycles. The Balaban J connectivity index is 1.59. The van der Waals surface area contributed by atoms with Gasteiger partial charge in [-0.2, -0.15) is 0 Å². The average Bonchev–Trinajstić information content (AvgIpc) is 2.95. The molecule has 4 rings (SSSR count). The topological polar surface area (TPSA) is 33.1 Å². The number of nitrogens with zero attached hydrogens (tertiary/aromatic N) is 3. The van der Waals surface area contributed by atoms with Crippen molar-refractivity contribution in [1.29, 1.82) is 0 Å². The van der Waals surface area contributed by atoms with Gasteiger partial charge >= 0.3 is 0 Å². The molecule has 0 spiro atoms. The maximum Gasteiger partial charge on any atom is 0.142 e. The van der Waals surface area contributed by atoms with Crippen LogP contribution in [-0.4, -0.2) is 28.0 Å². The first-order chi connectivity index (χ1) is 12.6. The Morgan fingerprint density at radius 3 is 2.81 bits per heavy atom. The van der Waals surface area contributed by atoms with Crippen LogP contribution in [0.25, 0.3) is 11.0 Å². The van der Waals surface area contributed by atoms with Gasteiger partial charge in [0.1, 0.15) is 11.5 Å². The fourth-order valence-electron chi connectivity index (χ4n) is 3.84. The summed E-state index contributed by atoms with van der Waals surface area (Å²) in [5, 5.41) is 4.72. The molecule has 3 heterocycles. The van der Waals surface area contributed by atoms with Crippen LogP contribution in [0.1, 0.15) is 36.6 Å². The van der Waals surface area contributed by atoms with Gasteiger partial charge in [0.05, 0.1) is 0 Å². The van der Waals surface area contributed by atoms with Crippen LogP contribution in [0.2, 0.25) is 0 Å². The van der Waals surface area contributed by atoms with Crippen LogP contribution in [0.15, 0.2) is 36.4 Å². The van der Waals surface area contributed by atoms with Crippen molar-refractivity contribution >= 4 is 22.5 Å². The first-order valence-corrected chi connectivity index (χ1v) is 9.67. The molecule has 4 heteroatoms. The molecule has 0 radical (unpaired) electrons. The summed E-state index contributed by atoms with van der Waals surface area (Å²) in [6, 6.07) is 13.2. The summed E-state index contributed by atoms with van der Waals surface area (Å²) in [6.45, 7) is 4.40. The Labute approximate surface area is 155 Å². The highest BCUT2D eigenvalue weighted by molar-refractivity contribution is 5.80. The second kappa shape index (κ2) is 7.12. The lowest BCUT2D eigenvalue weighted by Gasteiger charge is -2.25. The number of aromatic nitrogens is 2. The summed E-state index contributed by atoms with van der Waals surface area (Å²) in [5.74, 6) is 0.907. The lowest BCUT2D eigenvalue weighted by atomic mass is 9.99. The number of rotatable bonds is 5. The third-order valence-electron chi connectivity index (χ3n) is 5.44. The van der Waals surface area contributed by atoms with Crippen LogP contribution in [0, 0.1) is 0 Å². The molecule has 1 aliphatic rings. The van der Waals surface area contributed by atoms with Crippen molar-refractivity contribution in [2.75, 3.05) is 18.9 Å². The van der Waals surface area contributed by atoms with Gasteiger partial charge in [0, 0.05) is 36.9 Å². The highest BCUT2D eigenvalue weighted by Gasteiger charge is 2.14. The van der Waals surface area contributed by atoms with Crippen molar-refractivity contribution < 1.29 is 0 Å². The lowest BCUT2D eigenvalue weighted by molar-refractivity contribution is 0.313. The quantitative estimate of drug-likeness (QED) is 0.729. The van der Waals surface area contributed by atoms with E-state index in [-0.39, 0.29) is 0 Å². The van der Waals surface area contributed by atoms with Gasteiger partial charge in [-0.05, 0) is 67.8 Å². The van der Waals surface area contributed by atoms with Crippen molar-refractivity contribution in [3.05, 3.63) is 53.2 Å². The lowest BCUT2D eigenvalue weighted by Crippen LogP contribution is -2.26. The zero-order chi connectivity index (χ0) is 18.1. The van der Waals surface area contributed by atoms with E-state index in [2.05, 4.69) is 72.2 Å². The molecule has 0 atom stereocenters. The molecule has 0 saturated heterocycles. The summed E-state index contributed by atoms with van der Waals surface area (Å²) in [6.07, 6.45) is 4.69. The van der Waals surface area contributed by atoms with Crippen LogP contribution in [-0.2, 0) is 26.4 Å². The third-order valence-corrected chi connectivity index (χ3v) is 5.44. The molecule has 4 nitrogen and oxygen atoms in total. The van der Waals surface area contributed by atoms with E-state index in [4.69, 9.17) is 4.98 Å². The molecule has 136 valence electrons. The summed E-state index contributed by atoms with van der Waals surface area (Å²) < 4.78 is 2.23. The van der Waals surface area contributed by atoms with Crippen LogP contribution < -0.4 is 5.32 Å². The van der Waals surface area contributed by atoms with E-state index in [1.165, 1.54) is 35.0 Å². The van der Waals surface area contributed by atoms with Gasteiger partial charge in [0.2, 0.25) is 0 Å². The van der Waals surface area contributed by atoms with Crippen LogP contribution in [0.3, 0.4) is 0 Å². The van der Waals surface area contributed by atoms with Gasteiger partial charge < -0.3 is 14.8 Å². The number of unbranched alkanes of at least 4 members (excludes halogenated alkanes) is 1. The highest BCUT2D eigenvalue weighted by atomic mass is 15.1. The minimum atomic E-state index is 0.907. The minimum Gasteiger partial charge on any atom is -0.340 e. The summed E-state index contributed by atoms with van der Waals surface area (Å²) in [4.78, 5) is 7.24. The van der Waals surface area contributed by atoms with E-state index in [0.29, 0.717) is 0 Å². The highest BCUT2D eigenvalue weighted by Crippen LogP contribution is 2.25. The molecule has 0 aliphatic carbocycles. The van der Waals surface area contributed by atoms with E-state index < -0.39 is 0 Å². The van der Waals surface area contributed by atoms with E-state index in [9.17, 15) is 0 Å². The van der Waals surface area contributed by atoms with Gasteiger partial charge in [-0.15, -0.1) is 0 Å². The Morgan fingerprint density at radius 1 is 1.08 bits per heavy atom. The van der Waals surface area contributed by atoms with Crippen molar-refractivity contribution in [2.45, 2.75) is 39.2 Å². The van der Waals surface area contributed by atoms with Gasteiger partial charge in [-0.3, -0.25) is 0 Å². The Kier molecular flexibility index (Phi) is 4.68. The number of benzene rings is 1. The number of likely N-dealkylation sites (N-methyl/N-ethyl adjacent to an activating group) is 1. The zero-order valence-corrected chi connectivity index (χ0v) is 16.0. The number of nitrogens with one attached hydrogen (secondary N) is 1. The number of pyridine rings is 1. The number of aryl methyl sites for hydroxylation is 2. The molecule has 0 bridgehead atoms. The number of anilines is 2. The molecule has 0 fully saturated rings. The molecule has 1 aliphatic heterocycles. The smallest absolute Gasteiger partial charge is 0.142 e. The fourth-order valence-corrected chi connectivity index (χ4v) is 3.84. The maximum atomic E-state index is 4.87. The minimum absolute atomic E-state index is 0.907. The third kappa shape index (κ3) is 3.34.